The van der Waals surface area contributed by atoms with Crippen molar-refractivity contribution in [2.24, 2.45) is 0 Å². The number of benzene rings is 4. The Morgan fingerprint density at radius 2 is 1.15 bits per heavy atom. The quantitative estimate of drug-likeness (QED) is 0.336. The molecule has 1 aliphatic heterocycles. The molecule has 1 heterocycles. The summed E-state index contributed by atoms with van der Waals surface area (Å²) in [6.07, 6.45) is 1.57. The lowest BCUT2D eigenvalue weighted by molar-refractivity contribution is -0.114. The van der Waals surface area contributed by atoms with Crippen molar-refractivity contribution in [3.63, 3.8) is 0 Å². The van der Waals surface area contributed by atoms with Crippen LogP contribution in [0.15, 0.2) is 121 Å². The monoisotopic (exact) mass is 443 g/mol. The third-order valence-corrected chi connectivity index (χ3v) is 5.85. The highest BCUT2D eigenvalue weighted by molar-refractivity contribution is 6.10. The molecule has 0 saturated heterocycles. The van der Waals surface area contributed by atoms with Crippen molar-refractivity contribution >= 4 is 22.9 Å². The van der Waals surface area contributed by atoms with Crippen LogP contribution in [-0.4, -0.2) is 5.91 Å². The van der Waals surface area contributed by atoms with Crippen LogP contribution in [0.5, 0.6) is 0 Å². The predicted octanol–water partition coefficient (Wildman–Crippen LogP) is 7.12. The van der Waals surface area contributed by atoms with E-state index in [1.165, 1.54) is 0 Å². The average Bonchev–Trinajstić information content (AvgIpc) is 2.87. The summed E-state index contributed by atoms with van der Waals surface area (Å²) in [5.41, 5.74) is 6.69. The van der Waals surface area contributed by atoms with E-state index >= 15 is 0 Å². The molecule has 0 saturated carbocycles. The molecular formula is C31H25NO2. The Hall–Kier alpha value is -4.37. The number of hydrogen-bond donors (Lipinski definition) is 0. The zero-order valence-corrected chi connectivity index (χ0v) is 19.2. The lowest BCUT2D eigenvalue weighted by atomic mass is 9.97. The molecule has 0 spiro atoms. The number of carbonyl (C=O) groups is 1. The summed E-state index contributed by atoms with van der Waals surface area (Å²) < 4.78 is 6.60. The van der Waals surface area contributed by atoms with Gasteiger partial charge >= 0.3 is 0 Å². The first-order valence-electron chi connectivity index (χ1n) is 11.3. The SMILES string of the molecule is Cc1ccc(C2=CC(=O)N(c3ccc(C)cc3)C(=C(c3ccccc3)c3ccccc3)O2)cc1. The molecule has 3 heteroatoms. The Morgan fingerprint density at radius 3 is 1.68 bits per heavy atom. The Labute approximate surface area is 200 Å². The molecule has 0 radical (unpaired) electrons. The molecule has 3 nitrogen and oxygen atoms in total. The van der Waals surface area contributed by atoms with Crippen molar-refractivity contribution in [3.05, 3.63) is 149 Å². The van der Waals surface area contributed by atoms with Gasteiger partial charge in [-0.05, 0) is 37.1 Å². The van der Waals surface area contributed by atoms with Gasteiger partial charge in [-0.25, -0.2) is 4.90 Å². The maximum atomic E-state index is 13.6. The van der Waals surface area contributed by atoms with Crippen molar-refractivity contribution in [3.8, 4) is 0 Å². The van der Waals surface area contributed by atoms with Crippen LogP contribution < -0.4 is 4.90 Å². The number of nitrogens with zero attached hydrogens (tertiary/aromatic N) is 1. The van der Waals surface area contributed by atoms with Crippen LogP contribution in [-0.2, 0) is 9.53 Å². The largest absolute Gasteiger partial charge is 0.439 e. The first kappa shape index (κ1) is 21.5. The number of aryl methyl sites for hydroxylation is 2. The Bertz CT molecular complexity index is 1330. The van der Waals surface area contributed by atoms with Crippen LogP contribution in [0.3, 0.4) is 0 Å². The number of rotatable bonds is 4. The zero-order chi connectivity index (χ0) is 23.5. The van der Waals surface area contributed by atoms with Gasteiger partial charge < -0.3 is 4.74 Å². The van der Waals surface area contributed by atoms with Gasteiger partial charge in [-0.3, -0.25) is 4.79 Å². The van der Waals surface area contributed by atoms with Crippen molar-refractivity contribution in [1.82, 2.24) is 0 Å². The van der Waals surface area contributed by atoms with Gasteiger partial charge in [0.1, 0.15) is 5.76 Å². The van der Waals surface area contributed by atoms with E-state index in [0.717, 1.165) is 39.1 Å². The summed E-state index contributed by atoms with van der Waals surface area (Å²) in [5.74, 6) is 0.877. The van der Waals surface area contributed by atoms with E-state index in [2.05, 4.69) is 0 Å². The number of ether oxygens (including phenoxy) is 1. The van der Waals surface area contributed by atoms with Gasteiger partial charge in [-0.1, -0.05) is 108 Å². The zero-order valence-electron chi connectivity index (χ0n) is 19.2. The summed E-state index contributed by atoms with van der Waals surface area (Å²) in [5, 5.41) is 0. The maximum absolute atomic E-state index is 13.6. The summed E-state index contributed by atoms with van der Waals surface area (Å²) in [4.78, 5) is 15.3. The molecule has 34 heavy (non-hydrogen) atoms. The Kier molecular flexibility index (Phi) is 5.84. The van der Waals surface area contributed by atoms with E-state index in [9.17, 15) is 4.79 Å². The molecule has 0 aliphatic carbocycles. The molecule has 0 aromatic heterocycles. The Balaban J connectivity index is 1.77. The highest BCUT2D eigenvalue weighted by Crippen LogP contribution is 2.38. The number of amides is 1. The van der Waals surface area contributed by atoms with Crippen LogP contribution in [0, 0.1) is 13.8 Å². The minimum atomic E-state index is -0.148. The van der Waals surface area contributed by atoms with Gasteiger partial charge in [0.25, 0.3) is 5.91 Å². The fraction of sp³-hybridized carbons (Fsp3) is 0.0645. The molecule has 0 bridgehead atoms. The van der Waals surface area contributed by atoms with Crippen LogP contribution >= 0.6 is 0 Å². The molecule has 0 unspecified atom stereocenters. The smallest absolute Gasteiger partial charge is 0.261 e. The second-order valence-electron chi connectivity index (χ2n) is 8.40. The lowest BCUT2D eigenvalue weighted by Gasteiger charge is -2.31. The summed E-state index contributed by atoms with van der Waals surface area (Å²) >= 11 is 0. The van der Waals surface area contributed by atoms with Gasteiger partial charge in [-0.15, -0.1) is 0 Å². The molecule has 0 atom stereocenters. The van der Waals surface area contributed by atoms with Gasteiger partial charge in [0.15, 0.2) is 0 Å². The minimum absolute atomic E-state index is 0.148. The topological polar surface area (TPSA) is 29.5 Å². The van der Waals surface area contributed by atoms with Crippen molar-refractivity contribution < 1.29 is 9.53 Å². The molecule has 166 valence electrons. The molecule has 5 rings (SSSR count). The molecule has 0 N–H and O–H groups in total. The maximum Gasteiger partial charge on any atom is 0.261 e. The lowest BCUT2D eigenvalue weighted by Crippen LogP contribution is -2.34. The van der Waals surface area contributed by atoms with E-state index in [1.54, 1.807) is 11.0 Å². The van der Waals surface area contributed by atoms with E-state index in [0.29, 0.717) is 11.6 Å². The standard InChI is InChI=1S/C31H25NO2/c1-22-13-17-24(18-14-22)28-21-29(33)32(27-19-15-23(2)16-20-27)31(34-28)30(25-9-5-3-6-10-25)26-11-7-4-8-12-26/h3-21H,1-2H3. The van der Waals surface area contributed by atoms with Gasteiger partial charge in [0.2, 0.25) is 5.88 Å². The Morgan fingerprint density at radius 1 is 0.647 bits per heavy atom. The molecule has 0 fully saturated rings. The number of hydrogen-bond acceptors (Lipinski definition) is 2. The van der Waals surface area contributed by atoms with Crippen LogP contribution in [0.25, 0.3) is 11.3 Å². The van der Waals surface area contributed by atoms with E-state index in [1.807, 2.05) is 123 Å². The minimum Gasteiger partial charge on any atom is -0.439 e. The van der Waals surface area contributed by atoms with Gasteiger partial charge in [0.05, 0.1) is 11.3 Å². The van der Waals surface area contributed by atoms with Gasteiger partial charge in [0, 0.05) is 11.6 Å². The molecule has 4 aromatic rings. The van der Waals surface area contributed by atoms with Crippen LogP contribution in [0.2, 0.25) is 0 Å². The molecule has 1 aliphatic rings. The second kappa shape index (κ2) is 9.24. The first-order chi connectivity index (χ1) is 16.6. The number of carbonyl (C=O) groups excluding carboxylic acids is 1. The normalized spacial score (nSPS) is 13.4. The van der Waals surface area contributed by atoms with Crippen LogP contribution in [0.1, 0.15) is 27.8 Å². The van der Waals surface area contributed by atoms with Gasteiger partial charge in [-0.2, -0.15) is 0 Å². The van der Waals surface area contributed by atoms with E-state index in [-0.39, 0.29) is 5.91 Å². The average molecular weight is 444 g/mol. The fourth-order valence-electron chi connectivity index (χ4n) is 4.04. The highest BCUT2D eigenvalue weighted by Gasteiger charge is 2.31. The first-order valence-corrected chi connectivity index (χ1v) is 11.3. The molecule has 1 amide bonds. The van der Waals surface area contributed by atoms with Crippen LogP contribution in [0.4, 0.5) is 5.69 Å². The van der Waals surface area contributed by atoms with E-state index in [4.69, 9.17) is 4.74 Å². The van der Waals surface area contributed by atoms with Crippen molar-refractivity contribution in [1.29, 1.82) is 0 Å². The van der Waals surface area contributed by atoms with Crippen molar-refractivity contribution in [2.75, 3.05) is 4.90 Å². The second-order valence-corrected chi connectivity index (χ2v) is 8.40. The summed E-state index contributed by atoms with van der Waals surface area (Å²) in [7, 11) is 0. The third kappa shape index (κ3) is 4.28. The summed E-state index contributed by atoms with van der Waals surface area (Å²) in [6, 6.07) is 36.1. The van der Waals surface area contributed by atoms with E-state index < -0.39 is 0 Å². The van der Waals surface area contributed by atoms with Crippen molar-refractivity contribution in [2.45, 2.75) is 13.8 Å². The molecule has 4 aromatic carbocycles. The summed E-state index contributed by atoms with van der Waals surface area (Å²) in [6.45, 7) is 4.07. The number of anilines is 1. The highest BCUT2D eigenvalue weighted by atomic mass is 16.5. The molecular weight excluding hydrogens is 418 g/mol. The third-order valence-electron chi connectivity index (χ3n) is 5.85. The fourth-order valence-corrected chi connectivity index (χ4v) is 4.04. The predicted molar refractivity (Wildman–Crippen MR) is 138 cm³/mol.